The summed E-state index contributed by atoms with van der Waals surface area (Å²) in [5.41, 5.74) is 7.86. The van der Waals surface area contributed by atoms with Crippen molar-refractivity contribution in [1.29, 1.82) is 0 Å². The highest BCUT2D eigenvalue weighted by atomic mass is 19.4. The van der Waals surface area contributed by atoms with Gasteiger partial charge in [-0.1, -0.05) is 24.3 Å². The molecule has 0 fully saturated rings. The van der Waals surface area contributed by atoms with E-state index in [0.29, 0.717) is 30.2 Å². The van der Waals surface area contributed by atoms with Gasteiger partial charge >= 0.3 is 6.18 Å². The highest BCUT2D eigenvalue weighted by Gasteiger charge is 2.28. The number of hydrogen-bond donors (Lipinski definition) is 3. The number of carbonyl (C=O) groups is 1. The van der Waals surface area contributed by atoms with Crippen LogP contribution in [-0.4, -0.2) is 31.2 Å². The van der Waals surface area contributed by atoms with E-state index in [2.05, 4.69) is 15.6 Å². The third-order valence-electron chi connectivity index (χ3n) is 4.04. The largest absolute Gasteiger partial charge is 0.484 e. The van der Waals surface area contributed by atoms with Crippen LogP contribution in [0.1, 0.15) is 34.0 Å². The summed E-state index contributed by atoms with van der Waals surface area (Å²) in [5.74, 6) is 0.130. The van der Waals surface area contributed by atoms with E-state index < -0.39 is 18.7 Å². The fourth-order valence-corrected chi connectivity index (χ4v) is 2.62. The zero-order chi connectivity index (χ0) is 22.1. The van der Waals surface area contributed by atoms with Crippen LogP contribution in [0.3, 0.4) is 0 Å². The molecule has 0 atom stereocenters. The first kappa shape index (κ1) is 23.1. The van der Waals surface area contributed by atoms with Gasteiger partial charge in [0.15, 0.2) is 12.6 Å². The van der Waals surface area contributed by atoms with Crippen LogP contribution in [0.15, 0.2) is 47.5 Å². The maximum absolute atomic E-state index is 12.5. The number of amides is 1. The molecule has 2 aromatic carbocycles. The molecular weight excluding hydrogens is 397 g/mol. The van der Waals surface area contributed by atoms with Crippen molar-refractivity contribution in [3.05, 3.63) is 64.7 Å². The number of aryl methyl sites for hydroxylation is 1. The van der Waals surface area contributed by atoms with Crippen LogP contribution < -0.4 is 21.1 Å². The van der Waals surface area contributed by atoms with Gasteiger partial charge in [-0.05, 0) is 43.2 Å². The first-order valence-electron chi connectivity index (χ1n) is 9.38. The molecule has 162 valence electrons. The van der Waals surface area contributed by atoms with E-state index in [1.54, 1.807) is 43.3 Å². The number of benzene rings is 2. The molecule has 0 aliphatic carbocycles. The van der Waals surface area contributed by atoms with Crippen LogP contribution in [0.5, 0.6) is 5.75 Å². The van der Waals surface area contributed by atoms with Crippen LogP contribution in [0.4, 0.5) is 13.2 Å². The third kappa shape index (κ3) is 7.65. The summed E-state index contributed by atoms with van der Waals surface area (Å²) < 4.78 is 42.6. The molecule has 0 heterocycles. The van der Waals surface area contributed by atoms with Crippen LogP contribution in [0.2, 0.25) is 0 Å². The summed E-state index contributed by atoms with van der Waals surface area (Å²) in [6.07, 6.45) is -4.41. The van der Waals surface area contributed by atoms with Crippen molar-refractivity contribution in [3.8, 4) is 5.75 Å². The summed E-state index contributed by atoms with van der Waals surface area (Å²) in [7, 11) is 0. The zero-order valence-electron chi connectivity index (χ0n) is 16.8. The number of primary amides is 1. The lowest BCUT2D eigenvalue weighted by molar-refractivity contribution is -0.153. The summed E-state index contributed by atoms with van der Waals surface area (Å²) >= 11 is 0. The highest BCUT2D eigenvalue weighted by Crippen LogP contribution is 2.23. The minimum atomic E-state index is -4.41. The lowest BCUT2D eigenvalue weighted by Crippen LogP contribution is -2.37. The van der Waals surface area contributed by atoms with Gasteiger partial charge in [-0.25, -0.2) is 4.99 Å². The highest BCUT2D eigenvalue weighted by molar-refractivity contribution is 5.92. The Labute approximate surface area is 173 Å². The van der Waals surface area contributed by atoms with Gasteiger partial charge in [0.05, 0.1) is 6.54 Å². The minimum Gasteiger partial charge on any atom is -0.484 e. The Morgan fingerprint density at radius 3 is 2.60 bits per heavy atom. The van der Waals surface area contributed by atoms with Gasteiger partial charge in [-0.2, -0.15) is 13.2 Å². The average molecular weight is 422 g/mol. The molecule has 4 N–H and O–H groups in total. The number of rotatable bonds is 8. The number of guanidine groups is 1. The summed E-state index contributed by atoms with van der Waals surface area (Å²) in [4.78, 5) is 15.8. The van der Waals surface area contributed by atoms with Gasteiger partial charge in [-0.15, -0.1) is 0 Å². The normalized spacial score (nSPS) is 11.8. The van der Waals surface area contributed by atoms with E-state index in [-0.39, 0.29) is 12.3 Å². The fraction of sp³-hybridized carbons (Fsp3) is 0.333. The molecule has 30 heavy (non-hydrogen) atoms. The Balaban J connectivity index is 2.09. The number of ether oxygens (including phenoxy) is 1. The minimum absolute atomic E-state index is 0.171. The van der Waals surface area contributed by atoms with Gasteiger partial charge in [0.2, 0.25) is 5.91 Å². The molecule has 6 nitrogen and oxygen atoms in total. The van der Waals surface area contributed by atoms with Gasteiger partial charge in [-0.3, -0.25) is 4.79 Å². The van der Waals surface area contributed by atoms with E-state index >= 15 is 0 Å². The molecule has 9 heteroatoms. The van der Waals surface area contributed by atoms with E-state index in [9.17, 15) is 18.0 Å². The lowest BCUT2D eigenvalue weighted by Gasteiger charge is -2.16. The van der Waals surface area contributed by atoms with Crippen LogP contribution in [0.25, 0.3) is 0 Å². The first-order valence-corrected chi connectivity index (χ1v) is 9.38. The molecule has 0 spiro atoms. The van der Waals surface area contributed by atoms with Crippen molar-refractivity contribution in [3.63, 3.8) is 0 Å². The number of nitrogens with one attached hydrogen (secondary N) is 2. The number of alkyl halides is 3. The maximum Gasteiger partial charge on any atom is 0.422 e. The Hall–Kier alpha value is -3.23. The van der Waals surface area contributed by atoms with Crippen LogP contribution in [0, 0.1) is 6.92 Å². The molecule has 0 aromatic heterocycles. The number of halogens is 3. The van der Waals surface area contributed by atoms with Crippen molar-refractivity contribution >= 4 is 11.9 Å². The summed E-state index contributed by atoms with van der Waals surface area (Å²) in [6.45, 7) is 3.44. The Morgan fingerprint density at radius 2 is 1.93 bits per heavy atom. The van der Waals surface area contributed by atoms with Crippen molar-refractivity contribution in [2.45, 2.75) is 33.1 Å². The SMILES string of the molecule is CCNC(=NCc1cccc(C(N)=O)c1)NCc1ccc(C)cc1OCC(F)(F)F. The number of nitrogens with zero attached hydrogens (tertiary/aromatic N) is 1. The molecule has 2 aromatic rings. The Bertz CT molecular complexity index is 898. The average Bonchev–Trinajstić information content (AvgIpc) is 2.69. The Morgan fingerprint density at radius 1 is 1.17 bits per heavy atom. The van der Waals surface area contributed by atoms with Crippen molar-refractivity contribution in [1.82, 2.24) is 10.6 Å². The lowest BCUT2D eigenvalue weighted by atomic mass is 10.1. The summed E-state index contributed by atoms with van der Waals surface area (Å²) in [5, 5.41) is 6.16. The molecule has 0 aliphatic rings. The molecular formula is C21H25F3N4O2. The molecule has 0 unspecified atom stereocenters. The molecule has 0 radical (unpaired) electrons. The monoisotopic (exact) mass is 422 g/mol. The van der Waals surface area contributed by atoms with E-state index in [1.807, 2.05) is 13.0 Å². The molecule has 2 rings (SSSR count). The zero-order valence-corrected chi connectivity index (χ0v) is 16.8. The fourth-order valence-electron chi connectivity index (χ4n) is 2.62. The summed E-state index contributed by atoms with van der Waals surface area (Å²) in [6, 6.07) is 11.9. The van der Waals surface area contributed by atoms with Crippen molar-refractivity contribution in [2.24, 2.45) is 10.7 Å². The van der Waals surface area contributed by atoms with Crippen molar-refractivity contribution < 1.29 is 22.7 Å². The third-order valence-corrected chi connectivity index (χ3v) is 4.04. The molecule has 0 saturated carbocycles. The molecule has 0 aliphatic heterocycles. The van der Waals surface area contributed by atoms with E-state index in [4.69, 9.17) is 10.5 Å². The van der Waals surface area contributed by atoms with E-state index in [0.717, 1.165) is 11.1 Å². The molecule has 0 saturated heterocycles. The van der Waals surface area contributed by atoms with Gasteiger partial charge in [0.1, 0.15) is 5.75 Å². The van der Waals surface area contributed by atoms with Gasteiger partial charge in [0, 0.05) is 24.2 Å². The van der Waals surface area contributed by atoms with Crippen LogP contribution >= 0.6 is 0 Å². The van der Waals surface area contributed by atoms with Crippen LogP contribution in [-0.2, 0) is 13.1 Å². The number of carbonyl (C=O) groups excluding carboxylic acids is 1. The smallest absolute Gasteiger partial charge is 0.422 e. The maximum atomic E-state index is 12.5. The quantitative estimate of drug-likeness (QED) is 0.450. The number of hydrogen-bond acceptors (Lipinski definition) is 3. The predicted octanol–water partition coefficient (Wildman–Crippen LogP) is 3.29. The topological polar surface area (TPSA) is 88.7 Å². The van der Waals surface area contributed by atoms with Crippen molar-refractivity contribution in [2.75, 3.05) is 13.2 Å². The number of nitrogens with two attached hydrogens (primary N) is 1. The first-order chi connectivity index (χ1) is 14.2. The molecule has 0 bridgehead atoms. The molecule has 1 amide bonds. The Kier molecular flexibility index (Phi) is 8.08. The second-order valence-corrected chi connectivity index (χ2v) is 6.63. The second kappa shape index (κ2) is 10.5. The second-order valence-electron chi connectivity index (χ2n) is 6.63. The van der Waals surface area contributed by atoms with Gasteiger partial charge in [0.25, 0.3) is 0 Å². The van der Waals surface area contributed by atoms with E-state index in [1.165, 1.54) is 0 Å². The standard InChI is InChI=1S/C21H25F3N4O2/c1-3-26-20(27-11-15-5-4-6-16(10-15)19(25)29)28-12-17-8-7-14(2)9-18(17)30-13-21(22,23)24/h4-10H,3,11-13H2,1-2H3,(H2,25,29)(H2,26,27,28). The van der Waals surface area contributed by atoms with Gasteiger partial charge < -0.3 is 21.1 Å². The predicted molar refractivity (Wildman–Crippen MR) is 109 cm³/mol. The number of aliphatic imine (C=N–C) groups is 1.